The molecule has 0 unspecified atom stereocenters. The molecule has 0 atom stereocenters. The number of rotatable bonds is 3. The van der Waals surface area contributed by atoms with Gasteiger partial charge >= 0.3 is 0 Å². The number of fused-ring (bicyclic) bond motifs is 1. The minimum Gasteiger partial charge on any atom is -0.457 e. The van der Waals surface area contributed by atoms with E-state index in [-0.39, 0.29) is 0 Å². The molecule has 4 nitrogen and oxygen atoms in total. The molecule has 0 bridgehead atoms. The quantitative estimate of drug-likeness (QED) is 0.720. The van der Waals surface area contributed by atoms with Crippen LogP contribution in [0.3, 0.4) is 0 Å². The highest BCUT2D eigenvalue weighted by Gasteiger charge is 2.34. The molecule has 0 aromatic heterocycles. The van der Waals surface area contributed by atoms with E-state index >= 15 is 0 Å². The zero-order valence-corrected chi connectivity index (χ0v) is 13.6. The molecule has 1 aliphatic heterocycles. The fraction of sp³-hybridized carbons (Fsp3) is 0.0526. The number of benzene rings is 3. The van der Waals surface area contributed by atoms with Crippen molar-refractivity contribution in [2.45, 2.75) is 11.4 Å². The lowest BCUT2D eigenvalue weighted by atomic mass is 10.2. The van der Waals surface area contributed by atoms with Gasteiger partial charge in [-0.05, 0) is 35.9 Å². The van der Waals surface area contributed by atoms with Crippen molar-refractivity contribution in [2.24, 2.45) is 0 Å². The van der Waals surface area contributed by atoms with Gasteiger partial charge in [0.15, 0.2) is 0 Å². The van der Waals surface area contributed by atoms with E-state index in [0.29, 0.717) is 28.6 Å². The van der Waals surface area contributed by atoms with Crippen LogP contribution in [0, 0.1) is 0 Å². The molecule has 0 N–H and O–H groups in total. The van der Waals surface area contributed by atoms with Crippen LogP contribution in [0.2, 0.25) is 0 Å². The van der Waals surface area contributed by atoms with E-state index < -0.39 is 10.0 Å². The van der Waals surface area contributed by atoms with Gasteiger partial charge < -0.3 is 4.74 Å². The lowest BCUT2D eigenvalue weighted by molar-refractivity contribution is 0.483. The van der Waals surface area contributed by atoms with Crippen molar-refractivity contribution in [2.75, 3.05) is 4.31 Å². The van der Waals surface area contributed by atoms with Gasteiger partial charge in [0.1, 0.15) is 11.5 Å². The third-order valence-electron chi connectivity index (χ3n) is 3.94. The Kier molecular flexibility index (Phi) is 3.50. The molecule has 0 aliphatic carbocycles. The van der Waals surface area contributed by atoms with Gasteiger partial charge in [0.2, 0.25) is 0 Å². The van der Waals surface area contributed by atoms with E-state index in [1.165, 1.54) is 4.31 Å². The topological polar surface area (TPSA) is 46.6 Å². The van der Waals surface area contributed by atoms with Crippen molar-refractivity contribution in [3.8, 4) is 11.5 Å². The van der Waals surface area contributed by atoms with Gasteiger partial charge in [-0.2, -0.15) is 0 Å². The van der Waals surface area contributed by atoms with E-state index in [1.807, 2.05) is 48.5 Å². The van der Waals surface area contributed by atoms with Gasteiger partial charge in [-0.25, -0.2) is 8.42 Å². The van der Waals surface area contributed by atoms with Gasteiger partial charge in [0, 0.05) is 6.07 Å². The highest BCUT2D eigenvalue weighted by atomic mass is 32.2. The molecule has 0 amide bonds. The molecule has 0 fully saturated rings. The molecule has 3 aromatic carbocycles. The lowest BCUT2D eigenvalue weighted by Gasteiger charge is -2.18. The number of ether oxygens (including phenoxy) is 1. The molecule has 120 valence electrons. The highest BCUT2D eigenvalue weighted by Crippen LogP contribution is 2.36. The Morgan fingerprint density at radius 3 is 2.29 bits per heavy atom. The predicted molar refractivity (Wildman–Crippen MR) is 92.8 cm³/mol. The molecular formula is C19H15NO3S. The van der Waals surface area contributed by atoms with Crippen LogP contribution in [0.5, 0.6) is 11.5 Å². The summed E-state index contributed by atoms with van der Waals surface area (Å²) in [6.07, 6.45) is 0. The van der Waals surface area contributed by atoms with E-state index in [0.717, 1.165) is 5.56 Å². The summed E-state index contributed by atoms with van der Waals surface area (Å²) < 4.78 is 32.7. The standard InChI is InChI=1S/C19H15NO3S/c21-24(22)19-12-5-4-7-15(19)14-20(24)16-8-6-11-18(13-16)23-17-9-2-1-3-10-17/h1-13H,14H2. The zero-order valence-electron chi connectivity index (χ0n) is 12.8. The molecule has 0 radical (unpaired) electrons. The average molecular weight is 337 g/mol. The molecule has 1 aliphatic rings. The average Bonchev–Trinajstić information content (AvgIpc) is 2.88. The first kappa shape index (κ1) is 14.8. The number of para-hydroxylation sites is 1. The Morgan fingerprint density at radius 1 is 0.792 bits per heavy atom. The van der Waals surface area contributed by atoms with Crippen LogP contribution in [0.25, 0.3) is 0 Å². The third-order valence-corrected chi connectivity index (χ3v) is 5.81. The van der Waals surface area contributed by atoms with Crippen molar-refractivity contribution < 1.29 is 13.2 Å². The van der Waals surface area contributed by atoms with Crippen molar-refractivity contribution in [1.29, 1.82) is 0 Å². The van der Waals surface area contributed by atoms with E-state index in [2.05, 4.69) is 0 Å². The van der Waals surface area contributed by atoms with Crippen molar-refractivity contribution >= 4 is 15.7 Å². The Bertz CT molecular complexity index is 984. The van der Waals surface area contributed by atoms with E-state index in [9.17, 15) is 8.42 Å². The van der Waals surface area contributed by atoms with Gasteiger partial charge in [0.05, 0.1) is 17.1 Å². The second-order valence-corrected chi connectivity index (χ2v) is 7.36. The minimum absolute atomic E-state index is 0.341. The van der Waals surface area contributed by atoms with Gasteiger partial charge in [-0.15, -0.1) is 0 Å². The SMILES string of the molecule is O=S1(=O)c2ccccc2CN1c1cccc(Oc2ccccc2)c1. The third kappa shape index (κ3) is 2.53. The molecule has 5 heteroatoms. The summed E-state index contributed by atoms with van der Waals surface area (Å²) in [5.41, 5.74) is 1.41. The molecule has 0 saturated carbocycles. The molecule has 0 saturated heterocycles. The van der Waals surface area contributed by atoms with Gasteiger partial charge in [0.25, 0.3) is 10.0 Å². The van der Waals surface area contributed by atoms with Crippen LogP contribution >= 0.6 is 0 Å². The molecule has 4 rings (SSSR count). The summed E-state index contributed by atoms with van der Waals surface area (Å²) in [5, 5.41) is 0. The van der Waals surface area contributed by atoms with Crippen molar-refractivity contribution in [3.63, 3.8) is 0 Å². The molecular weight excluding hydrogens is 322 g/mol. The first-order chi connectivity index (χ1) is 11.6. The lowest BCUT2D eigenvalue weighted by Crippen LogP contribution is -2.23. The summed E-state index contributed by atoms with van der Waals surface area (Å²) >= 11 is 0. The summed E-state index contributed by atoms with van der Waals surface area (Å²) in [7, 11) is -3.51. The molecule has 1 heterocycles. The molecule has 24 heavy (non-hydrogen) atoms. The van der Waals surface area contributed by atoms with Crippen molar-refractivity contribution in [1.82, 2.24) is 0 Å². The second-order valence-electron chi connectivity index (χ2n) is 5.53. The highest BCUT2D eigenvalue weighted by molar-refractivity contribution is 7.93. The Hall–Kier alpha value is -2.79. The zero-order chi connectivity index (χ0) is 16.6. The van der Waals surface area contributed by atoms with Crippen LogP contribution in [0.15, 0.2) is 83.8 Å². The number of hydrogen-bond acceptors (Lipinski definition) is 3. The summed E-state index contributed by atoms with van der Waals surface area (Å²) in [6.45, 7) is 0.341. The van der Waals surface area contributed by atoms with Crippen LogP contribution in [0.1, 0.15) is 5.56 Å². The van der Waals surface area contributed by atoms with Gasteiger partial charge in [-0.1, -0.05) is 42.5 Å². The van der Waals surface area contributed by atoms with E-state index in [1.54, 1.807) is 30.3 Å². The molecule has 0 spiro atoms. The molecule has 3 aromatic rings. The first-order valence-corrected chi connectivity index (χ1v) is 9.02. The maximum atomic E-state index is 12.7. The number of sulfonamides is 1. The van der Waals surface area contributed by atoms with Crippen LogP contribution in [-0.2, 0) is 16.6 Å². The normalized spacial score (nSPS) is 15.1. The summed E-state index contributed by atoms with van der Waals surface area (Å²) in [6, 6.07) is 23.6. The van der Waals surface area contributed by atoms with Crippen LogP contribution in [0.4, 0.5) is 5.69 Å². The summed E-state index contributed by atoms with van der Waals surface area (Å²) in [5.74, 6) is 1.31. The minimum atomic E-state index is -3.51. The van der Waals surface area contributed by atoms with E-state index in [4.69, 9.17) is 4.74 Å². The van der Waals surface area contributed by atoms with Crippen LogP contribution < -0.4 is 9.04 Å². The maximum Gasteiger partial charge on any atom is 0.264 e. The largest absolute Gasteiger partial charge is 0.457 e. The number of nitrogens with zero attached hydrogens (tertiary/aromatic N) is 1. The smallest absolute Gasteiger partial charge is 0.264 e. The van der Waals surface area contributed by atoms with Crippen molar-refractivity contribution in [3.05, 3.63) is 84.4 Å². The number of hydrogen-bond donors (Lipinski definition) is 0. The Balaban J connectivity index is 1.68. The fourth-order valence-corrected chi connectivity index (χ4v) is 4.45. The van der Waals surface area contributed by atoms with Crippen LogP contribution in [-0.4, -0.2) is 8.42 Å². The maximum absolute atomic E-state index is 12.7. The second kappa shape index (κ2) is 5.69. The summed E-state index contributed by atoms with van der Waals surface area (Å²) in [4.78, 5) is 0.374. The number of anilines is 1. The predicted octanol–water partition coefficient (Wildman–Crippen LogP) is 4.19. The fourth-order valence-electron chi connectivity index (χ4n) is 2.80. The first-order valence-electron chi connectivity index (χ1n) is 7.58. The Morgan fingerprint density at radius 2 is 1.50 bits per heavy atom. The van der Waals surface area contributed by atoms with Gasteiger partial charge in [-0.3, -0.25) is 4.31 Å². The monoisotopic (exact) mass is 337 g/mol. The Labute approximate surface area is 141 Å².